The fourth-order valence-electron chi connectivity index (χ4n) is 2.05. The van der Waals surface area contributed by atoms with E-state index in [2.05, 4.69) is 25.7 Å². The predicted molar refractivity (Wildman–Crippen MR) is 86.2 cm³/mol. The quantitative estimate of drug-likeness (QED) is 0.774. The first-order chi connectivity index (χ1) is 11.2. The van der Waals surface area contributed by atoms with Gasteiger partial charge in [-0.3, -0.25) is 0 Å². The fraction of sp³-hybridized carbons (Fsp3) is 0.125. The molecule has 23 heavy (non-hydrogen) atoms. The van der Waals surface area contributed by atoms with Gasteiger partial charge >= 0.3 is 6.03 Å². The molecule has 0 atom stereocenters. The molecule has 1 aromatic carbocycles. The third-order valence-corrected chi connectivity index (χ3v) is 3.24. The minimum Gasteiger partial charge on any atom is -0.334 e. The fourth-order valence-corrected chi connectivity index (χ4v) is 2.05. The predicted octanol–water partition coefficient (Wildman–Crippen LogP) is 2.29. The number of carbonyl (C=O) groups excluding carboxylic acids is 1. The van der Waals surface area contributed by atoms with E-state index < -0.39 is 0 Å². The smallest absolute Gasteiger partial charge is 0.319 e. The van der Waals surface area contributed by atoms with Crippen LogP contribution in [0, 0.1) is 6.92 Å². The van der Waals surface area contributed by atoms with Gasteiger partial charge in [-0.05, 0) is 24.6 Å². The second-order valence-electron chi connectivity index (χ2n) is 5.01. The summed E-state index contributed by atoms with van der Waals surface area (Å²) in [5.41, 5.74) is 2.78. The molecule has 3 aromatic rings. The Bertz CT molecular complexity index is 783. The Balaban J connectivity index is 1.65. The lowest BCUT2D eigenvalue weighted by Gasteiger charge is -2.11. The van der Waals surface area contributed by atoms with Gasteiger partial charge in [0, 0.05) is 12.7 Å². The molecular formula is C16H16N6O. The zero-order valence-electron chi connectivity index (χ0n) is 12.6. The number of carbonyl (C=O) groups is 1. The van der Waals surface area contributed by atoms with Gasteiger partial charge in [0.1, 0.15) is 12.7 Å². The second-order valence-corrected chi connectivity index (χ2v) is 5.01. The van der Waals surface area contributed by atoms with E-state index in [-0.39, 0.29) is 6.03 Å². The Kier molecular flexibility index (Phi) is 4.28. The van der Waals surface area contributed by atoms with Gasteiger partial charge in [-0.2, -0.15) is 5.10 Å². The van der Waals surface area contributed by atoms with Crippen LogP contribution in [0.25, 0.3) is 5.82 Å². The second kappa shape index (κ2) is 6.69. The first kappa shape index (κ1) is 14.7. The highest BCUT2D eigenvalue weighted by Crippen LogP contribution is 2.15. The van der Waals surface area contributed by atoms with E-state index in [1.165, 1.54) is 22.9 Å². The molecule has 7 nitrogen and oxygen atoms in total. The van der Waals surface area contributed by atoms with Crippen LogP contribution in [-0.2, 0) is 6.54 Å². The summed E-state index contributed by atoms with van der Waals surface area (Å²) in [4.78, 5) is 20.2. The van der Waals surface area contributed by atoms with Gasteiger partial charge < -0.3 is 10.6 Å². The summed E-state index contributed by atoms with van der Waals surface area (Å²) in [6, 6.07) is 11.2. The van der Waals surface area contributed by atoms with E-state index in [9.17, 15) is 4.79 Å². The third kappa shape index (κ3) is 3.70. The van der Waals surface area contributed by atoms with Crippen LogP contribution in [0.2, 0.25) is 0 Å². The van der Waals surface area contributed by atoms with Gasteiger partial charge in [0.15, 0.2) is 5.82 Å². The van der Waals surface area contributed by atoms with Gasteiger partial charge in [0.2, 0.25) is 0 Å². The molecule has 0 unspecified atom stereocenters. The molecule has 7 heteroatoms. The van der Waals surface area contributed by atoms with Crippen LogP contribution in [0.1, 0.15) is 11.1 Å². The van der Waals surface area contributed by atoms with Crippen LogP contribution in [0.3, 0.4) is 0 Å². The van der Waals surface area contributed by atoms with Crippen LogP contribution in [0.4, 0.5) is 10.5 Å². The normalized spacial score (nSPS) is 10.3. The SMILES string of the molecule is Cc1ccc(CNC(=O)Nc2cccnc2-n2cncn2)cc1. The van der Waals surface area contributed by atoms with Crippen molar-refractivity contribution in [3.63, 3.8) is 0 Å². The molecule has 0 fully saturated rings. The molecule has 2 aromatic heterocycles. The highest BCUT2D eigenvalue weighted by molar-refractivity contribution is 5.90. The molecule has 116 valence electrons. The summed E-state index contributed by atoms with van der Waals surface area (Å²) < 4.78 is 1.50. The van der Waals surface area contributed by atoms with Crippen molar-refractivity contribution in [2.24, 2.45) is 0 Å². The first-order valence-corrected chi connectivity index (χ1v) is 7.13. The van der Waals surface area contributed by atoms with E-state index in [0.717, 1.165) is 5.56 Å². The van der Waals surface area contributed by atoms with Gasteiger partial charge in [0.05, 0.1) is 5.69 Å². The average Bonchev–Trinajstić information content (AvgIpc) is 3.09. The van der Waals surface area contributed by atoms with E-state index in [4.69, 9.17) is 0 Å². The standard InChI is InChI=1S/C16H16N6O/c1-12-4-6-13(7-5-12)9-19-16(23)21-14-3-2-8-18-15(14)22-11-17-10-20-22/h2-8,10-11H,9H2,1H3,(H2,19,21,23). The number of benzene rings is 1. The van der Waals surface area contributed by atoms with Crippen LogP contribution in [-0.4, -0.2) is 25.8 Å². The molecular weight excluding hydrogens is 292 g/mol. The molecule has 0 aliphatic carbocycles. The molecule has 0 bridgehead atoms. The molecule has 0 spiro atoms. The van der Waals surface area contributed by atoms with E-state index in [1.54, 1.807) is 18.3 Å². The number of amides is 2. The minimum absolute atomic E-state index is 0.306. The number of aromatic nitrogens is 4. The lowest BCUT2D eigenvalue weighted by molar-refractivity contribution is 0.251. The van der Waals surface area contributed by atoms with Gasteiger partial charge in [0.25, 0.3) is 0 Å². The maximum absolute atomic E-state index is 12.1. The largest absolute Gasteiger partial charge is 0.334 e. The number of pyridine rings is 1. The number of aryl methyl sites for hydroxylation is 1. The Hall–Kier alpha value is -3.22. The highest BCUT2D eigenvalue weighted by Gasteiger charge is 2.09. The zero-order chi connectivity index (χ0) is 16.1. The van der Waals surface area contributed by atoms with E-state index in [0.29, 0.717) is 18.1 Å². The molecule has 3 rings (SSSR count). The number of hydrogen-bond acceptors (Lipinski definition) is 4. The minimum atomic E-state index is -0.306. The monoisotopic (exact) mass is 308 g/mol. The zero-order valence-corrected chi connectivity index (χ0v) is 12.6. The molecule has 0 radical (unpaired) electrons. The van der Waals surface area contributed by atoms with E-state index in [1.807, 2.05) is 31.2 Å². The molecule has 0 saturated heterocycles. The van der Waals surface area contributed by atoms with Gasteiger partial charge in [-0.25, -0.2) is 19.4 Å². The third-order valence-electron chi connectivity index (χ3n) is 3.24. The number of hydrogen-bond donors (Lipinski definition) is 2. The van der Waals surface area contributed by atoms with Crippen LogP contribution in [0.15, 0.2) is 55.2 Å². The number of nitrogens with one attached hydrogen (secondary N) is 2. The number of nitrogens with zero attached hydrogens (tertiary/aromatic N) is 4. The average molecular weight is 308 g/mol. The molecule has 0 aliphatic rings. The molecule has 2 heterocycles. The van der Waals surface area contributed by atoms with Crippen molar-refractivity contribution in [3.8, 4) is 5.82 Å². The van der Waals surface area contributed by atoms with Crippen molar-refractivity contribution in [2.45, 2.75) is 13.5 Å². The summed E-state index contributed by atoms with van der Waals surface area (Å²) in [6.45, 7) is 2.48. The van der Waals surface area contributed by atoms with Crippen molar-refractivity contribution >= 4 is 11.7 Å². The topological polar surface area (TPSA) is 84.7 Å². The van der Waals surface area contributed by atoms with Crippen LogP contribution in [0.5, 0.6) is 0 Å². The maximum atomic E-state index is 12.1. The Labute approximate surface area is 133 Å². The highest BCUT2D eigenvalue weighted by atomic mass is 16.2. The van der Waals surface area contributed by atoms with Crippen molar-refractivity contribution in [1.82, 2.24) is 25.1 Å². The Morgan fingerprint density at radius 2 is 2.04 bits per heavy atom. The maximum Gasteiger partial charge on any atom is 0.319 e. The molecule has 2 N–H and O–H groups in total. The summed E-state index contributed by atoms with van der Waals surface area (Å²) >= 11 is 0. The van der Waals surface area contributed by atoms with Crippen LogP contribution >= 0.6 is 0 Å². The molecule has 2 amide bonds. The summed E-state index contributed by atoms with van der Waals surface area (Å²) in [5.74, 6) is 0.510. The number of rotatable bonds is 4. The molecule has 0 saturated carbocycles. The number of urea groups is 1. The van der Waals surface area contributed by atoms with Crippen molar-refractivity contribution in [2.75, 3.05) is 5.32 Å². The van der Waals surface area contributed by atoms with Crippen molar-refractivity contribution < 1.29 is 4.79 Å². The van der Waals surface area contributed by atoms with Crippen LogP contribution < -0.4 is 10.6 Å². The number of anilines is 1. The van der Waals surface area contributed by atoms with E-state index >= 15 is 0 Å². The Morgan fingerprint density at radius 3 is 2.78 bits per heavy atom. The first-order valence-electron chi connectivity index (χ1n) is 7.13. The van der Waals surface area contributed by atoms with Crippen molar-refractivity contribution in [1.29, 1.82) is 0 Å². The van der Waals surface area contributed by atoms with Crippen molar-refractivity contribution in [3.05, 3.63) is 66.4 Å². The van der Waals surface area contributed by atoms with Gasteiger partial charge in [-0.1, -0.05) is 29.8 Å². The summed E-state index contributed by atoms with van der Waals surface area (Å²) in [6.07, 6.45) is 4.57. The lowest BCUT2D eigenvalue weighted by Crippen LogP contribution is -2.28. The summed E-state index contributed by atoms with van der Waals surface area (Å²) in [5, 5.41) is 9.62. The molecule has 0 aliphatic heterocycles. The Morgan fingerprint density at radius 1 is 1.22 bits per heavy atom. The van der Waals surface area contributed by atoms with Gasteiger partial charge in [-0.15, -0.1) is 0 Å². The summed E-state index contributed by atoms with van der Waals surface area (Å²) in [7, 11) is 0. The lowest BCUT2D eigenvalue weighted by atomic mass is 10.1.